The van der Waals surface area contributed by atoms with E-state index in [0.717, 1.165) is 16.3 Å². The van der Waals surface area contributed by atoms with Gasteiger partial charge in [-0.2, -0.15) is 0 Å². The third-order valence-electron chi connectivity index (χ3n) is 3.65. The number of carbonyl (C=O) groups excluding carboxylic acids is 1. The van der Waals surface area contributed by atoms with Crippen LogP contribution in [0.4, 0.5) is 0 Å². The first kappa shape index (κ1) is 16.2. The van der Waals surface area contributed by atoms with Crippen molar-refractivity contribution in [2.75, 3.05) is 6.54 Å². The summed E-state index contributed by atoms with van der Waals surface area (Å²) in [5, 5.41) is 9.52. The number of rotatable bonds is 6. The molecule has 0 radical (unpaired) electrons. The monoisotopic (exact) mass is 366 g/mol. The maximum absolute atomic E-state index is 12.2. The van der Waals surface area contributed by atoms with Gasteiger partial charge >= 0.3 is 0 Å². The summed E-state index contributed by atoms with van der Waals surface area (Å²) in [6.07, 6.45) is 5.65. The Morgan fingerprint density at radius 2 is 2.08 bits per heavy atom. The fourth-order valence-electron chi connectivity index (χ4n) is 2.36. The van der Waals surface area contributed by atoms with E-state index in [2.05, 4.69) is 20.4 Å². The molecule has 0 saturated carbocycles. The SMILES string of the molecule is O=C(NCCc1csc(-c2ccncc2)n1)c1cc(-c2ccco2)on1. The molecule has 4 heterocycles. The van der Waals surface area contributed by atoms with Gasteiger partial charge in [0, 0.05) is 42.4 Å². The van der Waals surface area contributed by atoms with E-state index < -0.39 is 0 Å². The van der Waals surface area contributed by atoms with E-state index in [1.807, 2.05) is 17.5 Å². The van der Waals surface area contributed by atoms with Crippen LogP contribution in [0.2, 0.25) is 0 Å². The third kappa shape index (κ3) is 3.55. The van der Waals surface area contributed by atoms with Gasteiger partial charge in [0.2, 0.25) is 5.76 Å². The van der Waals surface area contributed by atoms with E-state index in [1.165, 1.54) is 6.26 Å². The number of nitrogens with one attached hydrogen (secondary N) is 1. The zero-order valence-electron chi connectivity index (χ0n) is 13.6. The molecular weight excluding hydrogens is 352 g/mol. The number of pyridine rings is 1. The fourth-order valence-corrected chi connectivity index (χ4v) is 3.22. The van der Waals surface area contributed by atoms with Crippen LogP contribution in [0, 0.1) is 0 Å². The maximum Gasteiger partial charge on any atom is 0.273 e. The Balaban J connectivity index is 1.32. The summed E-state index contributed by atoms with van der Waals surface area (Å²) in [7, 11) is 0. The number of carbonyl (C=O) groups is 1. The lowest BCUT2D eigenvalue weighted by molar-refractivity contribution is 0.0945. The molecule has 0 aliphatic heterocycles. The number of hydrogen-bond donors (Lipinski definition) is 1. The Labute approximate surface area is 152 Å². The van der Waals surface area contributed by atoms with Gasteiger partial charge in [0.05, 0.1) is 12.0 Å². The second-order valence-electron chi connectivity index (χ2n) is 5.44. The zero-order chi connectivity index (χ0) is 17.8. The molecule has 1 N–H and O–H groups in total. The molecule has 0 spiro atoms. The molecule has 4 aromatic heterocycles. The van der Waals surface area contributed by atoms with Gasteiger partial charge in [0.15, 0.2) is 11.5 Å². The summed E-state index contributed by atoms with van der Waals surface area (Å²) >= 11 is 1.57. The van der Waals surface area contributed by atoms with Gasteiger partial charge < -0.3 is 14.3 Å². The lowest BCUT2D eigenvalue weighted by atomic mass is 10.3. The normalized spacial score (nSPS) is 10.8. The molecule has 130 valence electrons. The van der Waals surface area contributed by atoms with Gasteiger partial charge in [-0.15, -0.1) is 11.3 Å². The van der Waals surface area contributed by atoms with Crippen LogP contribution >= 0.6 is 11.3 Å². The van der Waals surface area contributed by atoms with Crippen molar-refractivity contribution < 1.29 is 13.7 Å². The highest BCUT2D eigenvalue weighted by molar-refractivity contribution is 7.13. The van der Waals surface area contributed by atoms with Crippen molar-refractivity contribution >= 4 is 17.2 Å². The van der Waals surface area contributed by atoms with Crippen molar-refractivity contribution in [3.05, 3.63) is 65.8 Å². The molecule has 7 nitrogen and oxygen atoms in total. The van der Waals surface area contributed by atoms with Crippen molar-refractivity contribution in [3.63, 3.8) is 0 Å². The Morgan fingerprint density at radius 3 is 2.88 bits per heavy atom. The first-order chi connectivity index (χ1) is 12.8. The highest BCUT2D eigenvalue weighted by atomic mass is 32.1. The van der Waals surface area contributed by atoms with E-state index >= 15 is 0 Å². The second-order valence-corrected chi connectivity index (χ2v) is 6.30. The third-order valence-corrected chi connectivity index (χ3v) is 4.59. The van der Waals surface area contributed by atoms with Crippen LogP contribution in [0.15, 0.2) is 63.3 Å². The number of amides is 1. The molecule has 0 saturated heterocycles. The molecule has 4 aromatic rings. The van der Waals surface area contributed by atoms with Crippen LogP contribution in [-0.4, -0.2) is 27.6 Å². The Kier molecular flexibility index (Phi) is 4.57. The van der Waals surface area contributed by atoms with Crippen molar-refractivity contribution in [2.45, 2.75) is 6.42 Å². The Morgan fingerprint density at radius 1 is 1.19 bits per heavy atom. The van der Waals surface area contributed by atoms with Gasteiger partial charge in [0.1, 0.15) is 5.01 Å². The van der Waals surface area contributed by atoms with E-state index in [1.54, 1.807) is 41.9 Å². The molecule has 0 aliphatic rings. The lowest BCUT2D eigenvalue weighted by Gasteiger charge is -2.00. The molecule has 0 fully saturated rings. The number of furan rings is 1. The first-order valence-electron chi connectivity index (χ1n) is 7.93. The van der Waals surface area contributed by atoms with Crippen LogP contribution in [0.3, 0.4) is 0 Å². The minimum absolute atomic E-state index is 0.215. The highest BCUT2D eigenvalue weighted by Gasteiger charge is 2.15. The van der Waals surface area contributed by atoms with E-state index in [-0.39, 0.29) is 11.6 Å². The van der Waals surface area contributed by atoms with E-state index in [4.69, 9.17) is 8.94 Å². The van der Waals surface area contributed by atoms with Gasteiger partial charge in [0.25, 0.3) is 5.91 Å². The van der Waals surface area contributed by atoms with Gasteiger partial charge in [-0.1, -0.05) is 5.16 Å². The summed E-state index contributed by atoms with van der Waals surface area (Å²) in [5.41, 5.74) is 2.18. The van der Waals surface area contributed by atoms with Crippen LogP contribution in [0.25, 0.3) is 22.1 Å². The average molecular weight is 366 g/mol. The van der Waals surface area contributed by atoms with Gasteiger partial charge in [-0.25, -0.2) is 4.98 Å². The first-order valence-corrected chi connectivity index (χ1v) is 8.81. The minimum Gasteiger partial charge on any atom is -0.461 e. The largest absolute Gasteiger partial charge is 0.461 e. The number of aromatic nitrogens is 3. The smallest absolute Gasteiger partial charge is 0.273 e. The summed E-state index contributed by atoms with van der Waals surface area (Å²) in [6, 6.07) is 8.88. The average Bonchev–Trinajstić information content (AvgIpc) is 3.42. The predicted octanol–water partition coefficient (Wildman–Crippen LogP) is 3.43. The molecule has 1 amide bonds. The topological polar surface area (TPSA) is 94.1 Å². The standard InChI is InChI=1S/C18H14N4O3S/c23-17(14-10-16(25-22-14)15-2-1-9-24-15)20-8-5-13-11-26-18(21-13)12-3-6-19-7-4-12/h1-4,6-7,9-11H,5,8H2,(H,20,23). The molecule has 8 heteroatoms. The summed E-state index contributed by atoms with van der Waals surface area (Å²) in [6.45, 7) is 0.460. The minimum atomic E-state index is -0.295. The maximum atomic E-state index is 12.2. The summed E-state index contributed by atoms with van der Waals surface area (Å²) in [4.78, 5) is 20.7. The number of hydrogen-bond acceptors (Lipinski definition) is 7. The Hall–Kier alpha value is -3.26. The number of nitrogens with zero attached hydrogens (tertiary/aromatic N) is 3. The molecule has 0 bridgehead atoms. The van der Waals surface area contributed by atoms with Gasteiger partial charge in [-0.05, 0) is 24.3 Å². The second kappa shape index (κ2) is 7.32. The molecule has 0 aliphatic carbocycles. The summed E-state index contributed by atoms with van der Waals surface area (Å²) in [5.74, 6) is 0.653. The van der Waals surface area contributed by atoms with Crippen molar-refractivity contribution in [1.82, 2.24) is 20.4 Å². The fraction of sp³-hybridized carbons (Fsp3) is 0.111. The highest BCUT2D eigenvalue weighted by Crippen LogP contribution is 2.23. The predicted molar refractivity (Wildman–Crippen MR) is 95.6 cm³/mol. The van der Waals surface area contributed by atoms with Crippen molar-refractivity contribution in [1.29, 1.82) is 0 Å². The molecule has 0 unspecified atom stereocenters. The molecule has 4 rings (SSSR count). The Bertz CT molecular complexity index is 993. The van der Waals surface area contributed by atoms with E-state index in [9.17, 15) is 4.79 Å². The van der Waals surface area contributed by atoms with Crippen LogP contribution < -0.4 is 5.32 Å². The number of thiazole rings is 1. The van der Waals surface area contributed by atoms with Crippen LogP contribution in [0.1, 0.15) is 16.2 Å². The van der Waals surface area contributed by atoms with E-state index in [0.29, 0.717) is 24.5 Å². The molecule has 26 heavy (non-hydrogen) atoms. The van der Waals surface area contributed by atoms with Gasteiger partial charge in [-0.3, -0.25) is 9.78 Å². The van der Waals surface area contributed by atoms with Crippen LogP contribution in [0.5, 0.6) is 0 Å². The zero-order valence-corrected chi connectivity index (χ0v) is 14.4. The summed E-state index contributed by atoms with van der Waals surface area (Å²) < 4.78 is 10.3. The molecule has 0 atom stereocenters. The quantitative estimate of drug-likeness (QED) is 0.562. The molecule has 0 aromatic carbocycles. The molecular formula is C18H14N4O3S. The van der Waals surface area contributed by atoms with Crippen molar-refractivity contribution in [3.8, 4) is 22.1 Å². The van der Waals surface area contributed by atoms with Crippen molar-refractivity contribution in [2.24, 2.45) is 0 Å². The van der Waals surface area contributed by atoms with Crippen LogP contribution in [-0.2, 0) is 6.42 Å². The lowest BCUT2D eigenvalue weighted by Crippen LogP contribution is -2.26.